The van der Waals surface area contributed by atoms with Crippen LogP contribution >= 0.6 is 34.8 Å². The second kappa shape index (κ2) is 9.67. The molecule has 2 amide bonds. The Morgan fingerprint density at radius 2 is 1.77 bits per heavy atom. The largest absolute Gasteiger partial charge is 0.492 e. The Morgan fingerprint density at radius 1 is 1.08 bits per heavy atom. The van der Waals surface area contributed by atoms with Crippen molar-refractivity contribution in [3.8, 4) is 5.75 Å². The number of carbonyl (C=O) groups excluding carboxylic acids is 2. The Morgan fingerprint density at radius 3 is 2.46 bits per heavy atom. The molecule has 0 spiro atoms. The van der Waals surface area contributed by atoms with Crippen molar-refractivity contribution in [1.29, 1.82) is 0 Å². The minimum atomic E-state index is -0.743. The van der Waals surface area contributed by atoms with Crippen molar-refractivity contribution in [2.75, 3.05) is 13.2 Å². The number of hydrogen-bond acceptors (Lipinski definition) is 3. The molecule has 138 valence electrons. The van der Waals surface area contributed by atoms with Gasteiger partial charge in [-0.25, -0.2) is 0 Å². The summed E-state index contributed by atoms with van der Waals surface area (Å²) in [6, 6.07) is 10.9. The molecule has 0 saturated heterocycles. The Bertz CT molecular complexity index is 782. The summed E-state index contributed by atoms with van der Waals surface area (Å²) in [6.45, 7) is 2.15. The van der Waals surface area contributed by atoms with E-state index in [2.05, 4.69) is 10.6 Å². The summed E-state index contributed by atoms with van der Waals surface area (Å²) in [5, 5.41) is 6.31. The molecule has 1 unspecified atom stereocenters. The van der Waals surface area contributed by atoms with Gasteiger partial charge in [-0.2, -0.15) is 0 Å². The lowest BCUT2D eigenvalue weighted by molar-refractivity contribution is -0.122. The van der Waals surface area contributed by atoms with E-state index in [1.807, 2.05) is 0 Å². The number of benzene rings is 2. The van der Waals surface area contributed by atoms with Gasteiger partial charge in [-0.15, -0.1) is 0 Å². The van der Waals surface area contributed by atoms with Gasteiger partial charge in [-0.05, 0) is 43.3 Å². The van der Waals surface area contributed by atoms with Crippen LogP contribution in [-0.4, -0.2) is 31.0 Å². The maximum absolute atomic E-state index is 12.2. The normalized spacial score (nSPS) is 11.5. The van der Waals surface area contributed by atoms with E-state index in [9.17, 15) is 9.59 Å². The molecule has 0 bridgehead atoms. The molecule has 1 atom stereocenters. The highest BCUT2D eigenvalue weighted by atomic mass is 35.5. The van der Waals surface area contributed by atoms with Crippen molar-refractivity contribution >= 4 is 46.6 Å². The zero-order valence-electron chi connectivity index (χ0n) is 13.9. The molecule has 0 saturated carbocycles. The molecule has 0 heterocycles. The molecule has 0 aromatic heterocycles. The number of amides is 2. The van der Waals surface area contributed by atoms with Crippen LogP contribution in [0.4, 0.5) is 0 Å². The molecule has 2 N–H and O–H groups in total. The number of rotatable bonds is 7. The van der Waals surface area contributed by atoms with Gasteiger partial charge in [0.25, 0.3) is 5.91 Å². The van der Waals surface area contributed by atoms with E-state index in [1.165, 1.54) is 6.07 Å². The molecule has 5 nitrogen and oxygen atoms in total. The third kappa shape index (κ3) is 5.80. The second-order valence-corrected chi connectivity index (χ2v) is 6.61. The average molecular weight is 416 g/mol. The van der Waals surface area contributed by atoms with Gasteiger partial charge in [0.15, 0.2) is 0 Å². The van der Waals surface area contributed by atoms with Crippen molar-refractivity contribution in [1.82, 2.24) is 10.6 Å². The molecule has 26 heavy (non-hydrogen) atoms. The predicted molar refractivity (Wildman–Crippen MR) is 103 cm³/mol. The van der Waals surface area contributed by atoms with Crippen molar-refractivity contribution in [2.45, 2.75) is 13.0 Å². The maximum Gasteiger partial charge on any atom is 0.253 e. The number of carbonyl (C=O) groups is 2. The number of halogens is 3. The summed E-state index contributed by atoms with van der Waals surface area (Å²) in [5.41, 5.74) is 0.213. The highest BCUT2D eigenvalue weighted by Crippen LogP contribution is 2.25. The summed E-state index contributed by atoms with van der Waals surface area (Å²) < 4.78 is 5.48. The summed E-state index contributed by atoms with van der Waals surface area (Å²) >= 11 is 17.7. The Hall–Kier alpha value is -1.95. The molecule has 2 aromatic rings. The van der Waals surface area contributed by atoms with Gasteiger partial charge in [0.05, 0.1) is 22.2 Å². The third-order valence-corrected chi connectivity index (χ3v) is 4.49. The van der Waals surface area contributed by atoms with Gasteiger partial charge in [0, 0.05) is 5.02 Å². The van der Waals surface area contributed by atoms with Gasteiger partial charge in [0.1, 0.15) is 18.4 Å². The van der Waals surface area contributed by atoms with E-state index in [-0.39, 0.29) is 28.1 Å². The van der Waals surface area contributed by atoms with Crippen molar-refractivity contribution in [3.05, 3.63) is 63.1 Å². The molecule has 0 aliphatic carbocycles. The molecular weight excluding hydrogens is 399 g/mol. The smallest absolute Gasteiger partial charge is 0.253 e. The van der Waals surface area contributed by atoms with Crippen LogP contribution in [0.5, 0.6) is 5.75 Å². The van der Waals surface area contributed by atoms with Crippen LogP contribution < -0.4 is 15.4 Å². The number of ether oxygens (including phenoxy) is 1. The number of hydrogen-bond donors (Lipinski definition) is 2. The average Bonchev–Trinajstić information content (AvgIpc) is 2.62. The SMILES string of the molecule is CC(NC(=O)c1cccc(Cl)c1Cl)C(=O)NCCOc1ccc(Cl)cc1. The molecule has 2 rings (SSSR count). The lowest BCUT2D eigenvalue weighted by atomic mass is 10.2. The van der Waals surface area contributed by atoms with Crippen LogP contribution in [0.1, 0.15) is 17.3 Å². The van der Waals surface area contributed by atoms with Crippen molar-refractivity contribution in [3.63, 3.8) is 0 Å². The highest BCUT2D eigenvalue weighted by molar-refractivity contribution is 6.43. The summed E-state index contributed by atoms with van der Waals surface area (Å²) in [5.74, 6) is -0.158. The highest BCUT2D eigenvalue weighted by Gasteiger charge is 2.18. The molecule has 0 radical (unpaired) electrons. The minimum absolute atomic E-state index is 0.149. The van der Waals surface area contributed by atoms with Gasteiger partial charge >= 0.3 is 0 Å². The Kier molecular flexibility index (Phi) is 7.57. The van der Waals surface area contributed by atoms with E-state index in [1.54, 1.807) is 43.3 Å². The topological polar surface area (TPSA) is 67.4 Å². The van der Waals surface area contributed by atoms with E-state index in [0.717, 1.165) is 0 Å². The van der Waals surface area contributed by atoms with Gasteiger partial charge in [0.2, 0.25) is 5.91 Å². The first-order valence-corrected chi connectivity index (χ1v) is 8.93. The molecule has 8 heteroatoms. The lowest BCUT2D eigenvalue weighted by Crippen LogP contribution is -2.45. The fourth-order valence-electron chi connectivity index (χ4n) is 2.05. The van der Waals surface area contributed by atoms with Crippen LogP contribution in [-0.2, 0) is 4.79 Å². The monoisotopic (exact) mass is 414 g/mol. The first kappa shape index (κ1) is 20.4. The zero-order chi connectivity index (χ0) is 19.1. The van der Waals surface area contributed by atoms with E-state index in [0.29, 0.717) is 17.3 Å². The van der Waals surface area contributed by atoms with Crippen LogP contribution in [0.2, 0.25) is 15.1 Å². The third-order valence-electron chi connectivity index (χ3n) is 3.42. The van der Waals surface area contributed by atoms with E-state index >= 15 is 0 Å². The number of nitrogens with one attached hydrogen (secondary N) is 2. The van der Waals surface area contributed by atoms with Crippen LogP contribution in [0.3, 0.4) is 0 Å². The van der Waals surface area contributed by atoms with E-state index < -0.39 is 11.9 Å². The fourth-order valence-corrected chi connectivity index (χ4v) is 2.56. The molecule has 0 fully saturated rings. The standard InChI is InChI=1S/C18H17Cl3N2O3/c1-11(23-18(25)14-3-2-4-15(20)16(14)21)17(24)22-9-10-26-13-7-5-12(19)6-8-13/h2-8,11H,9-10H2,1H3,(H,22,24)(H,23,25). The summed E-state index contributed by atoms with van der Waals surface area (Å²) in [7, 11) is 0. The first-order chi connectivity index (χ1) is 12.4. The van der Waals surface area contributed by atoms with Crippen molar-refractivity contribution in [2.24, 2.45) is 0 Å². The lowest BCUT2D eigenvalue weighted by Gasteiger charge is -2.15. The van der Waals surface area contributed by atoms with E-state index in [4.69, 9.17) is 39.5 Å². The summed E-state index contributed by atoms with van der Waals surface area (Å²) in [6.07, 6.45) is 0. The first-order valence-electron chi connectivity index (χ1n) is 7.79. The van der Waals surface area contributed by atoms with Crippen molar-refractivity contribution < 1.29 is 14.3 Å². The fraction of sp³-hybridized carbons (Fsp3) is 0.222. The van der Waals surface area contributed by atoms with Gasteiger partial charge in [-0.1, -0.05) is 40.9 Å². The maximum atomic E-state index is 12.2. The van der Waals surface area contributed by atoms with Crippen LogP contribution in [0, 0.1) is 0 Å². The predicted octanol–water partition coefficient (Wildman–Crippen LogP) is 3.96. The Labute approximate surface area is 166 Å². The van der Waals surface area contributed by atoms with Gasteiger partial charge < -0.3 is 15.4 Å². The van der Waals surface area contributed by atoms with Crippen LogP contribution in [0.15, 0.2) is 42.5 Å². The molecular formula is C18H17Cl3N2O3. The second-order valence-electron chi connectivity index (χ2n) is 5.39. The minimum Gasteiger partial charge on any atom is -0.492 e. The quantitative estimate of drug-likeness (QED) is 0.673. The van der Waals surface area contributed by atoms with Gasteiger partial charge in [-0.3, -0.25) is 9.59 Å². The molecule has 0 aliphatic heterocycles. The molecule has 2 aromatic carbocycles. The molecule has 0 aliphatic rings. The van der Waals surface area contributed by atoms with Crippen LogP contribution in [0.25, 0.3) is 0 Å². The zero-order valence-corrected chi connectivity index (χ0v) is 16.2. The summed E-state index contributed by atoms with van der Waals surface area (Å²) in [4.78, 5) is 24.3. The Balaban J connectivity index is 1.77.